The quantitative estimate of drug-likeness (QED) is 0.820. The Morgan fingerprint density at radius 3 is 2.47 bits per heavy atom. The minimum absolute atomic E-state index is 0.130. The van der Waals surface area contributed by atoms with E-state index in [-0.39, 0.29) is 12.1 Å². The molecule has 0 spiro atoms. The summed E-state index contributed by atoms with van der Waals surface area (Å²) < 4.78 is 5.80. The lowest BCUT2D eigenvalue weighted by Gasteiger charge is -2.23. The summed E-state index contributed by atoms with van der Waals surface area (Å²) in [5, 5.41) is 0. The van der Waals surface area contributed by atoms with Crippen LogP contribution in [0.5, 0.6) is 0 Å². The lowest BCUT2D eigenvalue weighted by molar-refractivity contribution is 0.0288. The first-order chi connectivity index (χ1) is 8.20. The van der Waals surface area contributed by atoms with Crippen LogP contribution in [-0.2, 0) is 11.2 Å². The van der Waals surface area contributed by atoms with Crippen LogP contribution in [0.25, 0.3) is 0 Å². The van der Waals surface area contributed by atoms with Crippen LogP contribution in [0.4, 0.5) is 0 Å². The van der Waals surface area contributed by atoms with E-state index in [9.17, 15) is 0 Å². The van der Waals surface area contributed by atoms with Crippen LogP contribution in [0.3, 0.4) is 0 Å². The van der Waals surface area contributed by atoms with Crippen molar-refractivity contribution in [3.05, 3.63) is 35.4 Å². The van der Waals surface area contributed by atoms with E-state index >= 15 is 0 Å². The normalized spacial score (nSPS) is 19.0. The average molecular weight is 233 g/mol. The van der Waals surface area contributed by atoms with Crippen molar-refractivity contribution >= 4 is 0 Å². The van der Waals surface area contributed by atoms with Gasteiger partial charge in [0.2, 0.25) is 0 Å². The minimum Gasteiger partial charge on any atom is -0.377 e. The predicted molar refractivity (Wildman–Crippen MR) is 71.0 cm³/mol. The van der Waals surface area contributed by atoms with E-state index < -0.39 is 0 Å². The smallest absolute Gasteiger partial charge is 0.0757 e. The molecule has 1 fully saturated rings. The van der Waals surface area contributed by atoms with Crippen molar-refractivity contribution < 1.29 is 4.74 Å². The van der Waals surface area contributed by atoms with E-state index in [1.807, 2.05) is 6.92 Å². The molecule has 0 aromatic heterocycles. The highest BCUT2D eigenvalue weighted by atomic mass is 16.5. The fourth-order valence-electron chi connectivity index (χ4n) is 2.34. The van der Waals surface area contributed by atoms with Gasteiger partial charge in [0.25, 0.3) is 0 Å². The molecule has 1 aliphatic rings. The molecule has 2 nitrogen and oxygen atoms in total. The Labute approximate surface area is 104 Å². The van der Waals surface area contributed by atoms with E-state index in [0.29, 0.717) is 5.92 Å². The molecule has 2 unspecified atom stereocenters. The fraction of sp³-hybridized carbons (Fsp3) is 0.600. The highest BCUT2D eigenvalue weighted by Gasteiger charge is 2.35. The van der Waals surface area contributed by atoms with Gasteiger partial charge in [-0.1, -0.05) is 29.8 Å². The second kappa shape index (κ2) is 5.65. The number of nitrogens with two attached hydrogens (primary N) is 1. The topological polar surface area (TPSA) is 35.2 Å². The van der Waals surface area contributed by atoms with Crippen molar-refractivity contribution in [1.82, 2.24) is 0 Å². The van der Waals surface area contributed by atoms with Gasteiger partial charge in [-0.3, -0.25) is 0 Å². The van der Waals surface area contributed by atoms with Crippen molar-refractivity contribution in [3.8, 4) is 0 Å². The molecule has 2 atom stereocenters. The molecule has 0 radical (unpaired) electrons. The van der Waals surface area contributed by atoms with E-state index in [1.54, 1.807) is 0 Å². The maximum atomic E-state index is 6.29. The summed E-state index contributed by atoms with van der Waals surface area (Å²) in [6.07, 6.45) is 3.74. The number of hydrogen-bond donors (Lipinski definition) is 1. The van der Waals surface area contributed by atoms with Gasteiger partial charge in [0.15, 0.2) is 0 Å². The Morgan fingerprint density at radius 1 is 1.29 bits per heavy atom. The molecule has 0 aliphatic heterocycles. The largest absolute Gasteiger partial charge is 0.377 e. The van der Waals surface area contributed by atoms with Gasteiger partial charge in [-0.15, -0.1) is 0 Å². The van der Waals surface area contributed by atoms with Crippen LogP contribution in [0.2, 0.25) is 0 Å². The summed E-state index contributed by atoms with van der Waals surface area (Å²) in [6.45, 7) is 4.92. The van der Waals surface area contributed by atoms with Crippen LogP contribution < -0.4 is 5.73 Å². The monoisotopic (exact) mass is 233 g/mol. The maximum Gasteiger partial charge on any atom is 0.0757 e. The van der Waals surface area contributed by atoms with Gasteiger partial charge in [-0.25, -0.2) is 0 Å². The van der Waals surface area contributed by atoms with Crippen LogP contribution in [0.15, 0.2) is 24.3 Å². The summed E-state index contributed by atoms with van der Waals surface area (Å²) >= 11 is 0. The summed E-state index contributed by atoms with van der Waals surface area (Å²) in [7, 11) is 0. The third-order valence-corrected chi connectivity index (χ3v) is 3.46. The SMILES string of the molecule is CCOC(C(N)Cc1ccc(C)cc1)C1CC1. The molecule has 94 valence electrons. The highest BCUT2D eigenvalue weighted by molar-refractivity contribution is 5.22. The lowest BCUT2D eigenvalue weighted by atomic mass is 9.98. The Bertz CT molecular complexity index is 342. The summed E-state index contributed by atoms with van der Waals surface area (Å²) in [6, 6.07) is 8.77. The van der Waals surface area contributed by atoms with Gasteiger partial charge < -0.3 is 10.5 Å². The third-order valence-electron chi connectivity index (χ3n) is 3.46. The number of benzene rings is 1. The van der Waals surface area contributed by atoms with Crippen LogP contribution >= 0.6 is 0 Å². The van der Waals surface area contributed by atoms with E-state index in [1.165, 1.54) is 24.0 Å². The van der Waals surface area contributed by atoms with Crippen molar-refractivity contribution in [2.45, 2.75) is 45.3 Å². The molecule has 17 heavy (non-hydrogen) atoms. The molecular formula is C15H23NO. The van der Waals surface area contributed by atoms with Gasteiger partial charge in [-0.05, 0) is 44.6 Å². The first kappa shape index (κ1) is 12.6. The van der Waals surface area contributed by atoms with E-state index in [0.717, 1.165) is 13.0 Å². The molecule has 2 rings (SSSR count). The predicted octanol–water partition coefficient (Wildman–Crippen LogP) is 2.68. The first-order valence-corrected chi connectivity index (χ1v) is 6.63. The maximum absolute atomic E-state index is 6.29. The first-order valence-electron chi connectivity index (χ1n) is 6.63. The summed E-state index contributed by atoms with van der Waals surface area (Å²) in [5.74, 6) is 0.704. The molecular weight excluding hydrogens is 210 g/mol. The summed E-state index contributed by atoms with van der Waals surface area (Å²) in [4.78, 5) is 0. The van der Waals surface area contributed by atoms with Crippen LogP contribution in [0.1, 0.15) is 30.9 Å². The average Bonchev–Trinajstić information content (AvgIpc) is 3.13. The zero-order valence-corrected chi connectivity index (χ0v) is 10.9. The van der Waals surface area contributed by atoms with Crippen molar-refractivity contribution in [2.24, 2.45) is 11.7 Å². The lowest BCUT2D eigenvalue weighted by Crippen LogP contribution is -2.40. The number of ether oxygens (including phenoxy) is 1. The minimum atomic E-state index is 0.130. The number of aryl methyl sites for hydroxylation is 1. The Kier molecular flexibility index (Phi) is 4.19. The van der Waals surface area contributed by atoms with Gasteiger partial charge in [0.1, 0.15) is 0 Å². The molecule has 2 heteroatoms. The molecule has 2 N–H and O–H groups in total. The molecule has 1 aliphatic carbocycles. The van der Waals surface area contributed by atoms with Gasteiger partial charge >= 0.3 is 0 Å². The number of rotatable bonds is 6. The van der Waals surface area contributed by atoms with Crippen molar-refractivity contribution in [1.29, 1.82) is 0 Å². The zero-order valence-electron chi connectivity index (χ0n) is 10.9. The molecule has 0 bridgehead atoms. The van der Waals surface area contributed by atoms with Gasteiger partial charge in [0, 0.05) is 12.6 Å². The molecule has 1 saturated carbocycles. The van der Waals surface area contributed by atoms with E-state index in [2.05, 4.69) is 31.2 Å². The Balaban J connectivity index is 1.94. The fourth-order valence-corrected chi connectivity index (χ4v) is 2.34. The molecule has 0 heterocycles. The Morgan fingerprint density at radius 2 is 1.94 bits per heavy atom. The van der Waals surface area contributed by atoms with Crippen LogP contribution in [0, 0.1) is 12.8 Å². The molecule has 1 aromatic rings. The molecule has 0 amide bonds. The van der Waals surface area contributed by atoms with Gasteiger partial charge in [-0.2, -0.15) is 0 Å². The van der Waals surface area contributed by atoms with Crippen LogP contribution in [-0.4, -0.2) is 18.8 Å². The Hall–Kier alpha value is -0.860. The summed E-state index contributed by atoms with van der Waals surface area (Å²) in [5.41, 5.74) is 8.90. The van der Waals surface area contributed by atoms with E-state index in [4.69, 9.17) is 10.5 Å². The second-order valence-corrected chi connectivity index (χ2v) is 5.11. The third kappa shape index (κ3) is 3.55. The number of hydrogen-bond acceptors (Lipinski definition) is 2. The van der Waals surface area contributed by atoms with Crippen molar-refractivity contribution in [2.75, 3.05) is 6.61 Å². The zero-order chi connectivity index (χ0) is 12.3. The second-order valence-electron chi connectivity index (χ2n) is 5.11. The van der Waals surface area contributed by atoms with Gasteiger partial charge in [0.05, 0.1) is 6.10 Å². The standard InChI is InChI=1S/C15H23NO/c1-3-17-15(13-8-9-13)14(16)10-12-6-4-11(2)5-7-12/h4-7,13-15H,3,8-10,16H2,1-2H3. The van der Waals surface area contributed by atoms with Crippen molar-refractivity contribution in [3.63, 3.8) is 0 Å². The molecule has 1 aromatic carbocycles. The molecule has 0 saturated heterocycles. The highest BCUT2D eigenvalue weighted by Crippen LogP contribution is 2.36.